The van der Waals surface area contributed by atoms with Crippen LogP contribution in [0, 0.1) is 5.82 Å². The van der Waals surface area contributed by atoms with Crippen LogP contribution in [0.5, 0.6) is 5.75 Å². The Morgan fingerprint density at radius 3 is 2.67 bits per heavy atom. The Kier molecular flexibility index (Phi) is 4.69. The average Bonchev–Trinajstić information content (AvgIpc) is 3.29. The van der Waals surface area contributed by atoms with Crippen molar-refractivity contribution in [1.29, 1.82) is 0 Å². The van der Waals surface area contributed by atoms with Gasteiger partial charge in [0.05, 0.1) is 25.4 Å². The molecule has 138 valence electrons. The molecule has 2 aromatic carbocycles. The summed E-state index contributed by atoms with van der Waals surface area (Å²) in [5.41, 5.74) is 7.78. The molecular formula is C18H17FN6OS. The Bertz CT molecular complexity index is 988. The van der Waals surface area contributed by atoms with Gasteiger partial charge >= 0.3 is 0 Å². The van der Waals surface area contributed by atoms with Crippen LogP contribution >= 0.6 is 12.6 Å². The van der Waals surface area contributed by atoms with Crippen LogP contribution < -0.4 is 15.8 Å². The number of hydrogen-bond acceptors (Lipinski definition) is 7. The largest absolute Gasteiger partial charge is 0.497 e. The van der Waals surface area contributed by atoms with Gasteiger partial charge in [-0.05, 0) is 29.8 Å². The summed E-state index contributed by atoms with van der Waals surface area (Å²) >= 11 is 4.54. The van der Waals surface area contributed by atoms with Crippen LogP contribution in [0.2, 0.25) is 0 Å². The van der Waals surface area contributed by atoms with Gasteiger partial charge in [0.2, 0.25) is 0 Å². The maximum Gasteiger partial charge on any atom is 0.177 e. The van der Waals surface area contributed by atoms with Crippen LogP contribution in [0.4, 0.5) is 4.39 Å². The Morgan fingerprint density at radius 1 is 1.15 bits per heavy atom. The molecule has 7 nitrogen and oxygen atoms in total. The number of halogens is 1. The fourth-order valence-electron chi connectivity index (χ4n) is 2.78. The molecule has 0 amide bonds. The van der Waals surface area contributed by atoms with Crippen LogP contribution in [-0.4, -0.2) is 27.7 Å². The highest BCUT2D eigenvalue weighted by atomic mass is 32.1. The molecule has 3 aromatic rings. The molecule has 0 radical (unpaired) electrons. The minimum Gasteiger partial charge on any atom is -0.497 e. The lowest BCUT2D eigenvalue weighted by molar-refractivity contribution is 0.287. The SMILES string of the molecule is COc1ccc(CN2NNN=C2c2cnn(-c3ccccc3F)c2S)cc1. The number of hydrazine groups is 2. The molecule has 4 rings (SSSR count). The number of nitrogens with one attached hydrogen (secondary N) is 2. The zero-order valence-electron chi connectivity index (χ0n) is 14.4. The zero-order chi connectivity index (χ0) is 18.8. The van der Waals surface area contributed by atoms with Crippen molar-refractivity contribution in [2.45, 2.75) is 11.6 Å². The smallest absolute Gasteiger partial charge is 0.177 e. The lowest BCUT2D eigenvalue weighted by Gasteiger charge is -2.19. The third kappa shape index (κ3) is 3.34. The monoisotopic (exact) mass is 384 g/mol. The number of amidine groups is 1. The Labute approximate surface area is 160 Å². The number of hydrogen-bond donors (Lipinski definition) is 3. The lowest BCUT2D eigenvalue weighted by atomic mass is 10.2. The summed E-state index contributed by atoms with van der Waals surface area (Å²) in [6, 6.07) is 14.2. The number of para-hydroxylation sites is 1. The van der Waals surface area contributed by atoms with Crippen LogP contribution in [0.3, 0.4) is 0 Å². The summed E-state index contributed by atoms with van der Waals surface area (Å²) in [6.07, 6.45) is 1.61. The molecule has 9 heteroatoms. The van der Waals surface area contributed by atoms with Crippen LogP contribution in [0.1, 0.15) is 11.1 Å². The number of nitrogens with zero attached hydrogens (tertiary/aromatic N) is 4. The van der Waals surface area contributed by atoms with E-state index in [0.29, 0.717) is 28.7 Å². The number of rotatable bonds is 5. The van der Waals surface area contributed by atoms with Gasteiger partial charge in [0.15, 0.2) is 5.84 Å². The molecule has 0 atom stereocenters. The number of ether oxygens (including phenoxy) is 1. The van der Waals surface area contributed by atoms with Gasteiger partial charge in [-0.15, -0.1) is 23.3 Å². The Balaban J connectivity index is 1.60. The predicted molar refractivity (Wildman–Crippen MR) is 102 cm³/mol. The summed E-state index contributed by atoms with van der Waals surface area (Å²) in [7, 11) is 1.63. The Hall–Kier alpha value is -3.04. The van der Waals surface area contributed by atoms with Gasteiger partial charge in [0, 0.05) is 0 Å². The number of methoxy groups -OCH3 is 1. The van der Waals surface area contributed by atoms with Crippen molar-refractivity contribution in [3.05, 3.63) is 71.7 Å². The molecular weight excluding hydrogens is 367 g/mol. The zero-order valence-corrected chi connectivity index (χ0v) is 15.3. The highest BCUT2D eigenvalue weighted by Gasteiger charge is 2.24. The number of aromatic nitrogens is 2. The topological polar surface area (TPSA) is 66.7 Å². The minimum absolute atomic E-state index is 0.329. The first kappa shape index (κ1) is 17.4. The normalized spacial score (nSPS) is 13.4. The lowest BCUT2D eigenvalue weighted by Crippen LogP contribution is -2.40. The second-order valence-electron chi connectivity index (χ2n) is 5.84. The summed E-state index contributed by atoms with van der Waals surface area (Å²) in [6.45, 7) is 0.550. The molecule has 1 aliphatic rings. The van der Waals surface area contributed by atoms with Crippen molar-refractivity contribution in [3.63, 3.8) is 0 Å². The predicted octanol–water partition coefficient (Wildman–Crippen LogP) is 2.50. The van der Waals surface area contributed by atoms with Crippen molar-refractivity contribution in [2.75, 3.05) is 7.11 Å². The quantitative estimate of drug-likeness (QED) is 0.590. The fraction of sp³-hybridized carbons (Fsp3) is 0.111. The van der Waals surface area contributed by atoms with E-state index in [0.717, 1.165) is 11.3 Å². The molecule has 0 unspecified atom stereocenters. The van der Waals surface area contributed by atoms with Gasteiger partial charge in [-0.2, -0.15) is 5.10 Å². The molecule has 0 bridgehead atoms. The van der Waals surface area contributed by atoms with E-state index < -0.39 is 0 Å². The van der Waals surface area contributed by atoms with Gasteiger partial charge in [-0.25, -0.2) is 14.6 Å². The molecule has 0 aliphatic carbocycles. The van der Waals surface area contributed by atoms with E-state index in [4.69, 9.17) is 4.74 Å². The first-order valence-corrected chi connectivity index (χ1v) is 8.63. The molecule has 1 aromatic heterocycles. The third-order valence-electron chi connectivity index (χ3n) is 4.17. The molecule has 2 heterocycles. The van der Waals surface area contributed by atoms with E-state index in [9.17, 15) is 4.39 Å². The summed E-state index contributed by atoms with van der Waals surface area (Å²) in [5.74, 6) is 1.03. The maximum absolute atomic E-state index is 14.1. The van der Waals surface area contributed by atoms with E-state index in [1.165, 1.54) is 10.7 Å². The number of thiol groups is 1. The fourth-order valence-corrected chi connectivity index (χ4v) is 3.10. The number of benzene rings is 2. The molecule has 0 saturated heterocycles. The van der Waals surface area contributed by atoms with Gasteiger partial charge < -0.3 is 4.74 Å². The maximum atomic E-state index is 14.1. The van der Waals surface area contributed by atoms with Crippen molar-refractivity contribution in [3.8, 4) is 11.4 Å². The number of hydrazone groups is 1. The Morgan fingerprint density at radius 2 is 1.93 bits per heavy atom. The molecule has 0 saturated carbocycles. The average molecular weight is 384 g/mol. The van der Waals surface area contributed by atoms with E-state index in [1.54, 1.807) is 31.5 Å². The minimum atomic E-state index is -0.373. The highest BCUT2D eigenvalue weighted by Crippen LogP contribution is 2.23. The van der Waals surface area contributed by atoms with Gasteiger partial charge in [0.1, 0.15) is 22.3 Å². The first-order valence-electron chi connectivity index (χ1n) is 8.18. The summed E-state index contributed by atoms with van der Waals surface area (Å²) in [4.78, 5) is 0. The summed E-state index contributed by atoms with van der Waals surface area (Å²) in [5, 5.41) is 10.9. The molecule has 0 spiro atoms. The first-order chi connectivity index (χ1) is 13.2. The standard InChI is InChI=1S/C18H17FN6OS/c1-26-13-8-6-12(7-9-13)11-24-17(21-22-23-24)14-10-20-25(18(14)27)16-5-3-2-4-15(16)19/h2-10,22-23,27H,11H2,1H3. The second-order valence-corrected chi connectivity index (χ2v) is 6.26. The third-order valence-corrected chi connectivity index (χ3v) is 4.60. The molecule has 0 fully saturated rings. The van der Waals surface area contributed by atoms with E-state index in [1.807, 2.05) is 29.3 Å². The van der Waals surface area contributed by atoms with Crippen molar-refractivity contribution < 1.29 is 9.13 Å². The van der Waals surface area contributed by atoms with Crippen molar-refractivity contribution in [2.24, 2.45) is 5.10 Å². The van der Waals surface area contributed by atoms with Crippen LogP contribution in [0.15, 0.2) is 64.9 Å². The summed E-state index contributed by atoms with van der Waals surface area (Å²) < 4.78 is 20.7. The molecule has 27 heavy (non-hydrogen) atoms. The van der Waals surface area contributed by atoms with Crippen molar-refractivity contribution >= 4 is 18.5 Å². The van der Waals surface area contributed by atoms with E-state index in [-0.39, 0.29) is 5.82 Å². The van der Waals surface area contributed by atoms with Crippen LogP contribution in [0.25, 0.3) is 5.69 Å². The van der Waals surface area contributed by atoms with Gasteiger partial charge in [0.25, 0.3) is 0 Å². The molecule has 2 N–H and O–H groups in total. The van der Waals surface area contributed by atoms with Gasteiger partial charge in [-0.3, -0.25) is 5.01 Å². The second kappa shape index (κ2) is 7.29. The van der Waals surface area contributed by atoms with Crippen molar-refractivity contribution in [1.82, 2.24) is 25.9 Å². The highest BCUT2D eigenvalue weighted by molar-refractivity contribution is 7.80. The van der Waals surface area contributed by atoms with E-state index in [2.05, 4.69) is 33.9 Å². The van der Waals surface area contributed by atoms with E-state index >= 15 is 0 Å². The van der Waals surface area contributed by atoms with Crippen LogP contribution in [-0.2, 0) is 6.54 Å². The molecule has 1 aliphatic heterocycles. The van der Waals surface area contributed by atoms with Gasteiger partial charge in [-0.1, -0.05) is 24.3 Å².